The van der Waals surface area contributed by atoms with Crippen LogP contribution in [0.3, 0.4) is 0 Å². The number of hydrogen-bond donors (Lipinski definition) is 1. The first-order chi connectivity index (χ1) is 15.8. The number of carbonyl (C=O) groups is 1. The molecule has 1 aliphatic rings. The zero-order valence-electron chi connectivity index (χ0n) is 19.2. The first-order valence-corrected chi connectivity index (χ1v) is 12.8. The summed E-state index contributed by atoms with van der Waals surface area (Å²) in [4.78, 5) is 33.6. The van der Waals surface area contributed by atoms with E-state index < -0.39 is 27.1 Å². The van der Waals surface area contributed by atoms with E-state index in [4.69, 9.17) is 10.5 Å². The number of aromatic nitrogens is 2. The fourth-order valence-corrected chi connectivity index (χ4v) is 4.68. The van der Waals surface area contributed by atoms with Gasteiger partial charge in [0, 0.05) is 6.54 Å². The van der Waals surface area contributed by atoms with Gasteiger partial charge >= 0.3 is 11.7 Å². The second kappa shape index (κ2) is 11.2. The summed E-state index contributed by atoms with van der Waals surface area (Å²) in [5, 5.41) is 12.1. The van der Waals surface area contributed by atoms with Gasteiger partial charge in [0.05, 0.1) is 11.5 Å². The van der Waals surface area contributed by atoms with Crippen LogP contribution >= 0.6 is 10.5 Å². The van der Waals surface area contributed by atoms with E-state index in [-0.39, 0.29) is 31.3 Å². The molecule has 1 saturated carbocycles. The summed E-state index contributed by atoms with van der Waals surface area (Å²) < 4.78 is 5.12. The molecule has 1 aliphatic carbocycles. The fourth-order valence-electron chi connectivity index (χ4n) is 4.18. The fraction of sp³-hybridized carbons (Fsp3) is 0.478. The summed E-state index contributed by atoms with van der Waals surface area (Å²) in [5.74, 6) is 3.88. The number of nitrogens with two attached hydrogens (primary N) is 1. The van der Waals surface area contributed by atoms with Crippen molar-refractivity contribution in [3.63, 3.8) is 0 Å². The lowest BCUT2D eigenvalue weighted by Gasteiger charge is -2.24. The van der Waals surface area contributed by atoms with Crippen molar-refractivity contribution >= 4 is 39.6 Å². The molecule has 1 aromatic carbocycles. The van der Waals surface area contributed by atoms with Crippen molar-refractivity contribution in [2.45, 2.75) is 50.7 Å². The molecule has 2 N–H and O–H groups in total. The van der Waals surface area contributed by atoms with Gasteiger partial charge in [0.25, 0.3) is 0 Å². The lowest BCUT2D eigenvalue weighted by molar-refractivity contribution is -0.383. The van der Waals surface area contributed by atoms with E-state index in [2.05, 4.69) is 28.0 Å². The van der Waals surface area contributed by atoms with Gasteiger partial charge in [-0.25, -0.2) is 0 Å². The Morgan fingerprint density at radius 3 is 2.67 bits per heavy atom. The van der Waals surface area contributed by atoms with Crippen molar-refractivity contribution in [3.05, 3.63) is 45.5 Å². The van der Waals surface area contributed by atoms with Crippen LogP contribution in [-0.4, -0.2) is 46.1 Å². The molecule has 0 aliphatic heterocycles. The number of nitrogens with zero attached hydrogens (tertiary/aromatic N) is 4. The van der Waals surface area contributed by atoms with E-state index >= 15 is 0 Å². The number of benzene rings is 1. The normalized spacial score (nSPS) is 14.7. The molecule has 0 bridgehead atoms. The highest BCUT2D eigenvalue weighted by molar-refractivity contribution is 8.13. The Labute approximate surface area is 196 Å². The van der Waals surface area contributed by atoms with Gasteiger partial charge in [-0.3, -0.25) is 14.9 Å². The van der Waals surface area contributed by atoms with E-state index in [1.165, 1.54) is 31.2 Å². The van der Waals surface area contributed by atoms with Crippen molar-refractivity contribution in [2.75, 3.05) is 30.0 Å². The van der Waals surface area contributed by atoms with Crippen LogP contribution in [0.25, 0.3) is 0 Å². The average molecular weight is 474 g/mol. The predicted molar refractivity (Wildman–Crippen MR) is 132 cm³/mol. The number of esters is 1. The van der Waals surface area contributed by atoms with Crippen molar-refractivity contribution in [1.82, 2.24) is 9.97 Å². The molecule has 178 valence electrons. The topological polar surface area (TPSA) is 124 Å². The maximum Gasteiger partial charge on any atom is 0.353 e. The van der Waals surface area contributed by atoms with Crippen LogP contribution in [-0.2, 0) is 22.5 Å². The minimum absolute atomic E-state index is 0.000232. The number of rotatable bonds is 10. The van der Waals surface area contributed by atoms with Gasteiger partial charge in [-0.15, -0.1) is 10.5 Å². The van der Waals surface area contributed by atoms with Crippen molar-refractivity contribution in [3.8, 4) is 0 Å². The molecule has 10 heteroatoms. The molecule has 0 radical (unpaired) electrons. The lowest BCUT2D eigenvalue weighted by Crippen LogP contribution is -2.32. The molecule has 0 spiro atoms. The predicted octanol–water partition coefficient (Wildman–Crippen LogP) is 3.96. The summed E-state index contributed by atoms with van der Waals surface area (Å²) >= 11 is 0. The van der Waals surface area contributed by atoms with Gasteiger partial charge in [-0.05, 0) is 36.6 Å². The molecule has 1 aromatic heterocycles. The number of carbonyl (C=O) groups excluding carboxylic acids is 1. The molecule has 9 nitrogen and oxygen atoms in total. The Kier molecular flexibility index (Phi) is 8.37. The number of nitro groups is 1. The quantitative estimate of drug-likeness (QED) is 0.181. The van der Waals surface area contributed by atoms with Crippen LogP contribution in [0.4, 0.5) is 17.3 Å². The number of hydrogen-bond acceptors (Lipinski definition) is 8. The molecular weight excluding hydrogens is 442 g/mol. The second-order valence-corrected chi connectivity index (χ2v) is 9.93. The van der Waals surface area contributed by atoms with E-state index in [0.717, 1.165) is 12.0 Å². The Balaban J connectivity index is 1.98. The third kappa shape index (κ3) is 6.50. The standard InChI is InChI=1S/C23H31N5O4S/c1-4-32-19(29)15-27(22-20(28(30)31)21(24)25-23(26-22)33(2)3)14-18-11-7-10-17(13-18)12-16-8-5-6-9-16/h7,10-11,13,16H,2,4-6,8-9,12,14-15H2,1,3H3,(H2,24,25,26). The Morgan fingerprint density at radius 2 is 2.03 bits per heavy atom. The smallest absolute Gasteiger partial charge is 0.353 e. The summed E-state index contributed by atoms with van der Waals surface area (Å²) in [7, 11) is -0.624. The van der Waals surface area contributed by atoms with Gasteiger partial charge in [0.15, 0.2) is 5.16 Å². The molecular formula is C23H31N5O4S. The zero-order chi connectivity index (χ0) is 24.0. The first-order valence-electron chi connectivity index (χ1n) is 11.0. The highest BCUT2D eigenvalue weighted by atomic mass is 32.2. The van der Waals surface area contributed by atoms with E-state index in [9.17, 15) is 14.9 Å². The second-order valence-electron chi connectivity index (χ2n) is 8.29. The Morgan fingerprint density at radius 1 is 1.33 bits per heavy atom. The van der Waals surface area contributed by atoms with Crippen LogP contribution in [0.5, 0.6) is 0 Å². The summed E-state index contributed by atoms with van der Waals surface area (Å²) in [6, 6.07) is 8.13. The maximum atomic E-state index is 12.4. The molecule has 2 aromatic rings. The van der Waals surface area contributed by atoms with Crippen LogP contribution in [0.2, 0.25) is 0 Å². The highest BCUT2D eigenvalue weighted by Crippen LogP contribution is 2.35. The molecule has 1 heterocycles. The summed E-state index contributed by atoms with van der Waals surface area (Å²) in [5.41, 5.74) is 7.66. The van der Waals surface area contributed by atoms with Gasteiger partial charge in [-0.2, -0.15) is 9.97 Å². The molecule has 0 saturated heterocycles. The first kappa shape index (κ1) is 24.6. The van der Waals surface area contributed by atoms with Gasteiger partial charge < -0.3 is 15.4 Å². The largest absolute Gasteiger partial charge is 0.465 e. The molecule has 1 atom stereocenters. The van der Waals surface area contributed by atoms with Crippen molar-refractivity contribution in [1.29, 1.82) is 0 Å². The Bertz CT molecular complexity index is 1040. The lowest BCUT2D eigenvalue weighted by atomic mass is 9.97. The third-order valence-corrected chi connectivity index (χ3v) is 6.46. The van der Waals surface area contributed by atoms with Gasteiger partial charge in [-0.1, -0.05) is 55.8 Å². The van der Waals surface area contributed by atoms with Crippen LogP contribution in [0.1, 0.15) is 43.7 Å². The van der Waals surface area contributed by atoms with Crippen LogP contribution in [0, 0.1) is 16.0 Å². The maximum absolute atomic E-state index is 12.4. The van der Waals surface area contributed by atoms with Crippen molar-refractivity contribution in [2.24, 2.45) is 5.92 Å². The van der Waals surface area contributed by atoms with E-state index in [0.29, 0.717) is 11.1 Å². The molecule has 1 unspecified atom stereocenters. The number of nitrogen functional groups attached to an aromatic ring is 1. The van der Waals surface area contributed by atoms with Crippen LogP contribution < -0.4 is 10.6 Å². The Hall–Kier alpha value is -3.01. The summed E-state index contributed by atoms with van der Waals surface area (Å²) in [6.45, 7) is 1.96. The van der Waals surface area contributed by atoms with Gasteiger partial charge in [0.2, 0.25) is 11.6 Å². The number of anilines is 2. The molecule has 0 amide bonds. The molecule has 3 rings (SSSR count). The van der Waals surface area contributed by atoms with E-state index in [1.807, 2.05) is 12.1 Å². The zero-order valence-corrected chi connectivity index (χ0v) is 20.0. The third-order valence-electron chi connectivity index (χ3n) is 5.66. The SMILES string of the molecule is C=S(C)c1nc(N)c([N+](=O)[O-])c(N(CC(=O)OCC)Cc2cccc(CC3CCCC3)c2)n1. The van der Waals surface area contributed by atoms with Crippen molar-refractivity contribution < 1.29 is 14.5 Å². The molecule has 33 heavy (non-hydrogen) atoms. The van der Waals surface area contributed by atoms with Gasteiger partial charge in [0.1, 0.15) is 6.54 Å². The molecule has 1 fully saturated rings. The highest BCUT2D eigenvalue weighted by Gasteiger charge is 2.29. The summed E-state index contributed by atoms with van der Waals surface area (Å²) in [6.07, 6.45) is 7.87. The minimum atomic E-state index is -0.624. The number of ether oxygens (including phenoxy) is 1. The van der Waals surface area contributed by atoms with E-state index in [1.54, 1.807) is 18.1 Å². The monoisotopic (exact) mass is 473 g/mol. The minimum Gasteiger partial charge on any atom is -0.465 e. The average Bonchev–Trinajstić information content (AvgIpc) is 3.25. The van der Waals surface area contributed by atoms with Crippen LogP contribution in [0.15, 0.2) is 29.4 Å².